The van der Waals surface area contributed by atoms with Crippen molar-refractivity contribution < 1.29 is 19.4 Å². The normalized spacial score (nSPS) is 17.7. The third-order valence-corrected chi connectivity index (χ3v) is 4.07. The summed E-state index contributed by atoms with van der Waals surface area (Å²) >= 11 is 0. The molecule has 4 heteroatoms. The summed E-state index contributed by atoms with van der Waals surface area (Å²) < 4.78 is 10.5. The molecule has 0 spiro atoms. The van der Waals surface area contributed by atoms with Gasteiger partial charge in [-0.2, -0.15) is 0 Å². The minimum Gasteiger partial charge on any atom is -0.496 e. The van der Waals surface area contributed by atoms with Gasteiger partial charge in [-0.3, -0.25) is 0 Å². The van der Waals surface area contributed by atoms with E-state index in [9.17, 15) is 4.79 Å². The van der Waals surface area contributed by atoms with Crippen LogP contribution < -0.4 is 4.74 Å². The zero-order valence-electron chi connectivity index (χ0n) is 12.1. The highest BCUT2D eigenvalue weighted by molar-refractivity contribution is 5.74. The van der Waals surface area contributed by atoms with Crippen LogP contribution in [0.4, 0.5) is 0 Å². The molecule has 0 aliphatic heterocycles. The van der Waals surface area contributed by atoms with E-state index in [1.165, 1.54) is 44.8 Å². The summed E-state index contributed by atoms with van der Waals surface area (Å²) in [5, 5.41) is 9.14. The van der Waals surface area contributed by atoms with Gasteiger partial charge in [-0.15, -0.1) is 0 Å². The van der Waals surface area contributed by atoms with Crippen LogP contribution >= 0.6 is 0 Å². The van der Waals surface area contributed by atoms with Gasteiger partial charge in [0, 0.05) is 7.11 Å². The molecule has 0 aromatic heterocycles. The third-order valence-electron chi connectivity index (χ3n) is 4.07. The predicted octanol–water partition coefficient (Wildman–Crippen LogP) is 3.52. The Morgan fingerprint density at radius 2 is 1.95 bits per heavy atom. The molecule has 0 heterocycles. The first-order valence-electron chi connectivity index (χ1n) is 7.10. The highest BCUT2D eigenvalue weighted by Crippen LogP contribution is 2.38. The number of carbonyl (C=O) groups is 1. The molecule has 1 aliphatic carbocycles. The van der Waals surface area contributed by atoms with Crippen LogP contribution in [0.15, 0.2) is 18.2 Å². The summed E-state index contributed by atoms with van der Waals surface area (Å²) in [6.07, 6.45) is 5.24. The second-order valence-electron chi connectivity index (χ2n) is 5.29. The summed E-state index contributed by atoms with van der Waals surface area (Å²) in [4.78, 5) is 11.2. The Bertz CT molecular complexity index is 464. The predicted molar refractivity (Wildman–Crippen MR) is 76.2 cm³/mol. The van der Waals surface area contributed by atoms with Gasteiger partial charge in [0.2, 0.25) is 0 Å². The van der Waals surface area contributed by atoms with Gasteiger partial charge in [0.15, 0.2) is 6.10 Å². The highest BCUT2D eigenvalue weighted by atomic mass is 16.5. The second kappa shape index (κ2) is 6.75. The highest BCUT2D eigenvalue weighted by Gasteiger charge is 2.23. The summed E-state index contributed by atoms with van der Waals surface area (Å²) in [6.45, 7) is 0. The number of hydrogen-bond acceptors (Lipinski definition) is 3. The molecule has 1 unspecified atom stereocenters. The molecule has 1 saturated carbocycles. The molecule has 1 atom stereocenters. The molecule has 20 heavy (non-hydrogen) atoms. The van der Waals surface area contributed by atoms with Crippen LogP contribution in [0.3, 0.4) is 0 Å². The van der Waals surface area contributed by atoms with E-state index in [1.54, 1.807) is 13.2 Å². The van der Waals surface area contributed by atoms with Gasteiger partial charge in [-0.05, 0) is 36.0 Å². The standard InChI is InChI=1S/C16H22O4/c1-19-14-10-12(15(20-2)16(17)18)8-9-13(14)11-6-4-3-5-7-11/h8-11,15H,3-7H2,1-2H3,(H,17,18). The first kappa shape index (κ1) is 14.9. The van der Waals surface area contributed by atoms with E-state index in [1.807, 2.05) is 12.1 Å². The molecule has 110 valence electrons. The van der Waals surface area contributed by atoms with Gasteiger partial charge < -0.3 is 14.6 Å². The second-order valence-corrected chi connectivity index (χ2v) is 5.29. The van der Waals surface area contributed by atoms with E-state index in [2.05, 4.69) is 0 Å². The molecule has 2 rings (SSSR count). The third kappa shape index (κ3) is 3.12. The Labute approximate surface area is 119 Å². The molecule has 0 saturated heterocycles. The van der Waals surface area contributed by atoms with Crippen LogP contribution in [0.25, 0.3) is 0 Å². The van der Waals surface area contributed by atoms with Gasteiger partial charge in [0.25, 0.3) is 0 Å². The van der Waals surface area contributed by atoms with Crippen LogP contribution in [0.2, 0.25) is 0 Å². The van der Waals surface area contributed by atoms with Crippen LogP contribution in [0, 0.1) is 0 Å². The lowest BCUT2D eigenvalue weighted by atomic mass is 9.83. The first-order chi connectivity index (χ1) is 9.67. The van der Waals surface area contributed by atoms with Gasteiger partial charge >= 0.3 is 5.97 Å². The van der Waals surface area contributed by atoms with E-state index < -0.39 is 12.1 Å². The number of aliphatic carboxylic acids is 1. The van der Waals surface area contributed by atoms with E-state index >= 15 is 0 Å². The minimum absolute atomic E-state index is 0.526. The van der Waals surface area contributed by atoms with E-state index in [-0.39, 0.29) is 0 Å². The number of carboxylic acids is 1. The Balaban J connectivity index is 2.29. The van der Waals surface area contributed by atoms with Gasteiger partial charge in [-0.25, -0.2) is 4.79 Å². The van der Waals surface area contributed by atoms with Crippen molar-refractivity contribution in [2.24, 2.45) is 0 Å². The summed E-state index contributed by atoms with van der Waals surface area (Å²) in [5.74, 6) is 0.316. The van der Waals surface area contributed by atoms with Crippen molar-refractivity contribution in [1.82, 2.24) is 0 Å². The quantitative estimate of drug-likeness (QED) is 0.895. The molecular formula is C16H22O4. The topological polar surface area (TPSA) is 55.8 Å². The number of ether oxygens (including phenoxy) is 2. The Morgan fingerprint density at radius 3 is 2.50 bits per heavy atom. The van der Waals surface area contributed by atoms with Crippen molar-refractivity contribution in [2.75, 3.05) is 14.2 Å². The van der Waals surface area contributed by atoms with Crippen molar-refractivity contribution in [2.45, 2.75) is 44.1 Å². The van der Waals surface area contributed by atoms with Crippen molar-refractivity contribution >= 4 is 5.97 Å². The van der Waals surface area contributed by atoms with Crippen molar-refractivity contribution in [3.05, 3.63) is 29.3 Å². The molecule has 1 fully saturated rings. The maximum atomic E-state index is 11.2. The summed E-state index contributed by atoms with van der Waals surface area (Å²) in [5.41, 5.74) is 1.81. The number of carboxylic acid groups (broad SMARTS) is 1. The minimum atomic E-state index is -0.986. The van der Waals surface area contributed by atoms with Crippen LogP contribution in [-0.2, 0) is 9.53 Å². The Hall–Kier alpha value is -1.55. The van der Waals surface area contributed by atoms with Crippen molar-refractivity contribution in [3.8, 4) is 5.75 Å². The molecule has 4 nitrogen and oxygen atoms in total. The first-order valence-corrected chi connectivity index (χ1v) is 7.10. The lowest BCUT2D eigenvalue weighted by Crippen LogP contribution is -2.14. The molecule has 1 aromatic carbocycles. The fourth-order valence-electron chi connectivity index (χ4n) is 3.02. The van der Waals surface area contributed by atoms with Crippen LogP contribution in [0.5, 0.6) is 5.75 Å². The fourth-order valence-corrected chi connectivity index (χ4v) is 3.02. The maximum Gasteiger partial charge on any atom is 0.337 e. The van der Waals surface area contributed by atoms with Crippen LogP contribution in [0.1, 0.15) is 55.3 Å². The van der Waals surface area contributed by atoms with Crippen molar-refractivity contribution in [3.63, 3.8) is 0 Å². The Morgan fingerprint density at radius 1 is 1.25 bits per heavy atom. The maximum absolute atomic E-state index is 11.2. The molecule has 0 amide bonds. The lowest BCUT2D eigenvalue weighted by molar-refractivity contribution is -0.148. The zero-order chi connectivity index (χ0) is 14.5. The Kier molecular flexibility index (Phi) is 5.01. The monoisotopic (exact) mass is 278 g/mol. The molecule has 1 aliphatic rings. The number of benzene rings is 1. The average molecular weight is 278 g/mol. The number of methoxy groups -OCH3 is 2. The van der Waals surface area contributed by atoms with Gasteiger partial charge in [0.05, 0.1) is 7.11 Å². The number of hydrogen-bond donors (Lipinski definition) is 1. The largest absolute Gasteiger partial charge is 0.496 e. The van der Waals surface area contributed by atoms with E-state index in [0.29, 0.717) is 11.5 Å². The van der Waals surface area contributed by atoms with Crippen molar-refractivity contribution in [1.29, 1.82) is 0 Å². The molecular weight excluding hydrogens is 256 g/mol. The van der Waals surface area contributed by atoms with Gasteiger partial charge in [0.1, 0.15) is 5.75 Å². The summed E-state index contributed by atoms with van der Waals surface area (Å²) in [6, 6.07) is 5.64. The lowest BCUT2D eigenvalue weighted by Gasteiger charge is -2.24. The molecule has 0 bridgehead atoms. The van der Waals surface area contributed by atoms with Gasteiger partial charge in [-0.1, -0.05) is 31.4 Å². The molecule has 0 radical (unpaired) electrons. The SMILES string of the molecule is COc1cc(C(OC)C(=O)O)ccc1C1CCCCC1. The average Bonchev–Trinajstić information content (AvgIpc) is 2.48. The van der Waals surface area contributed by atoms with Crippen LogP contribution in [-0.4, -0.2) is 25.3 Å². The van der Waals surface area contributed by atoms with E-state index in [4.69, 9.17) is 14.6 Å². The zero-order valence-corrected chi connectivity index (χ0v) is 12.1. The fraction of sp³-hybridized carbons (Fsp3) is 0.562. The molecule has 1 N–H and O–H groups in total. The smallest absolute Gasteiger partial charge is 0.337 e. The summed E-state index contributed by atoms with van der Waals surface area (Å²) in [7, 11) is 3.04. The van der Waals surface area contributed by atoms with E-state index in [0.717, 1.165) is 5.75 Å². The molecule has 1 aromatic rings. The number of rotatable bonds is 5.